The highest BCUT2D eigenvalue weighted by molar-refractivity contribution is 7.89. The summed E-state index contributed by atoms with van der Waals surface area (Å²) in [5.41, 5.74) is 1.05. The van der Waals surface area contributed by atoms with E-state index in [1.54, 1.807) is 24.3 Å². The second kappa shape index (κ2) is 6.87. The van der Waals surface area contributed by atoms with Gasteiger partial charge < -0.3 is 0 Å². The van der Waals surface area contributed by atoms with Crippen molar-refractivity contribution < 1.29 is 8.42 Å². The van der Waals surface area contributed by atoms with E-state index in [1.165, 1.54) is 0 Å². The number of benzene rings is 1. The Morgan fingerprint density at radius 1 is 1.16 bits per heavy atom. The SMILES string of the molecule is Cc1ccc(S(=O)(=O)N[C@@H](C)C/C=C/C(C)C)cc1. The monoisotopic (exact) mass is 281 g/mol. The lowest BCUT2D eigenvalue weighted by molar-refractivity contribution is 0.561. The molecule has 0 aliphatic carbocycles. The van der Waals surface area contributed by atoms with Crippen molar-refractivity contribution in [1.82, 2.24) is 4.72 Å². The third kappa shape index (κ3) is 5.57. The summed E-state index contributed by atoms with van der Waals surface area (Å²) in [4.78, 5) is 0.317. The van der Waals surface area contributed by atoms with Gasteiger partial charge in [0.2, 0.25) is 10.0 Å². The second-order valence-electron chi connectivity index (χ2n) is 5.24. The van der Waals surface area contributed by atoms with E-state index < -0.39 is 10.0 Å². The van der Waals surface area contributed by atoms with Crippen molar-refractivity contribution in [2.75, 3.05) is 0 Å². The molecule has 0 bridgehead atoms. The van der Waals surface area contributed by atoms with Crippen LogP contribution in [0.4, 0.5) is 0 Å². The minimum atomic E-state index is -3.41. The van der Waals surface area contributed by atoms with Gasteiger partial charge in [-0.3, -0.25) is 0 Å². The van der Waals surface area contributed by atoms with Gasteiger partial charge in [0, 0.05) is 6.04 Å². The Kier molecular flexibility index (Phi) is 5.76. The number of hydrogen-bond donors (Lipinski definition) is 1. The first kappa shape index (κ1) is 15.9. The zero-order valence-corrected chi connectivity index (χ0v) is 12.9. The molecule has 1 rings (SSSR count). The number of rotatable bonds is 6. The molecular formula is C15H23NO2S. The molecule has 0 aliphatic heterocycles. The Balaban J connectivity index is 2.67. The van der Waals surface area contributed by atoms with E-state index in [2.05, 4.69) is 24.6 Å². The third-order valence-corrected chi connectivity index (χ3v) is 4.30. The van der Waals surface area contributed by atoms with E-state index in [0.29, 0.717) is 17.2 Å². The van der Waals surface area contributed by atoms with Gasteiger partial charge in [0.15, 0.2) is 0 Å². The second-order valence-corrected chi connectivity index (χ2v) is 6.96. The number of allylic oxidation sites excluding steroid dienone is 1. The van der Waals surface area contributed by atoms with E-state index >= 15 is 0 Å². The summed E-state index contributed by atoms with van der Waals surface area (Å²) >= 11 is 0. The van der Waals surface area contributed by atoms with Crippen LogP contribution in [0.25, 0.3) is 0 Å². The summed E-state index contributed by atoms with van der Waals surface area (Å²) in [6.45, 7) is 7.99. The number of sulfonamides is 1. The number of nitrogens with one attached hydrogen (secondary N) is 1. The van der Waals surface area contributed by atoms with Gasteiger partial charge in [-0.05, 0) is 38.3 Å². The molecule has 0 aromatic heterocycles. The van der Waals surface area contributed by atoms with Crippen LogP contribution >= 0.6 is 0 Å². The van der Waals surface area contributed by atoms with Crippen molar-refractivity contribution in [3.63, 3.8) is 0 Å². The topological polar surface area (TPSA) is 46.2 Å². The predicted molar refractivity (Wildman–Crippen MR) is 79.6 cm³/mol. The largest absolute Gasteiger partial charge is 0.240 e. The molecule has 0 saturated carbocycles. The van der Waals surface area contributed by atoms with E-state index in [1.807, 2.05) is 19.9 Å². The Morgan fingerprint density at radius 2 is 1.74 bits per heavy atom. The molecule has 0 fully saturated rings. The zero-order chi connectivity index (χ0) is 14.5. The van der Waals surface area contributed by atoms with Crippen molar-refractivity contribution in [3.05, 3.63) is 42.0 Å². The van der Waals surface area contributed by atoms with E-state index in [9.17, 15) is 8.42 Å². The van der Waals surface area contributed by atoms with E-state index in [0.717, 1.165) is 5.56 Å². The lowest BCUT2D eigenvalue weighted by atomic mass is 10.1. The first-order valence-corrected chi connectivity index (χ1v) is 8.05. The van der Waals surface area contributed by atoms with Gasteiger partial charge in [-0.25, -0.2) is 13.1 Å². The van der Waals surface area contributed by atoms with Crippen molar-refractivity contribution in [1.29, 1.82) is 0 Å². The maximum atomic E-state index is 12.1. The van der Waals surface area contributed by atoms with Gasteiger partial charge in [-0.1, -0.05) is 43.7 Å². The van der Waals surface area contributed by atoms with Gasteiger partial charge >= 0.3 is 0 Å². The Bertz CT molecular complexity index is 516. The molecule has 19 heavy (non-hydrogen) atoms. The van der Waals surface area contributed by atoms with Gasteiger partial charge in [0.25, 0.3) is 0 Å². The molecule has 3 nitrogen and oxygen atoms in total. The molecule has 0 radical (unpaired) electrons. The molecule has 1 N–H and O–H groups in total. The van der Waals surface area contributed by atoms with Crippen LogP contribution in [0.3, 0.4) is 0 Å². The molecule has 1 atom stereocenters. The fourth-order valence-corrected chi connectivity index (χ4v) is 2.91. The third-order valence-electron chi connectivity index (χ3n) is 2.70. The van der Waals surface area contributed by atoms with Gasteiger partial charge in [0.1, 0.15) is 0 Å². The predicted octanol–water partition coefficient (Wildman–Crippen LogP) is 3.26. The average molecular weight is 281 g/mol. The molecule has 0 unspecified atom stereocenters. The fraction of sp³-hybridized carbons (Fsp3) is 0.467. The molecule has 0 saturated heterocycles. The number of hydrogen-bond acceptors (Lipinski definition) is 2. The van der Waals surface area contributed by atoms with Crippen LogP contribution in [0.1, 0.15) is 32.8 Å². The minimum absolute atomic E-state index is 0.110. The molecule has 0 heterocycles. The van der Waals surface area contributed by atoms with E-state index in [-0.39, 0.29) is 6.04 Å². The molecule has 4 heteroatoms. The van der Waals surface area contributed by atoms with Crippen LogP contribution < -0.4 is 4.72 Å². The molecule has 1 aromatic rings. The van der Waals surface area contributed by atoms with Gasteiger partial charge in [-0.2, -0.15) is 0 Å². The van der Waals surface area contributed by atoms with Crippen molar-refractivity contribution in [2.24, 2.45) is 5.92 Å². The Labute approximate surface area is 116 Å². The van der Waals surface area contributed by atoms with Crippen LogP contribution in [-0.4, -0.2) is 14.5 Å². The first-order chi connectivity index (χ1) is 8.81. The van der Waals surface area contributed by atoms with Gasteiger partial charge in [-0.15, -0.1) is 0 Å². The van der Waals surface area contributed by atoms with Crippen molar-refractivity contribution in [3.8, 4) is 0 Å². The summed E-state index contributed by atoms with van der Waals surface area (Å²) in [7, 11) is -3.41. The molecule has 0 spiro atoms. The molecular weight excluding hydrogens is 258 g/mol. The van der Waals surface area contributed by atoms with Crippen LogP contribution in [0.5, 0.6) is 0 Å². The lowest BCUT2D eigenvalue weighted by Gasteiger charge is -2.12. The van der Waals surface area contributed by atoms with Crippen LogP contribution in [0.15, 0.2) is 41.3 Å². The van der Waals surface area contributed by atoms with E-state index in [4.69, 9.17) is 0 Å². The molecule has 106 valence electrons. The quantitative estimate of drug-likeness (QED) is 0.813. The lowest BCUT2D eigenvalue weighted by Crippen LogP contribution is -2.32. The highest BCUT2D eigenvalue weighted by Crippen LogP contribution is 2.11. The zero-order valence-electron chi connectivity index (χ0n) is 12.1. The average Bonchev–Trinajstić information content (AvgIpc) is 2.28. The summed E-state index contributed by atoms with van der Waals surface area (Å²) in [5.74, 6) is 0.487. The minimum Gasteiger partial charge on any atom is -0.208 e. The maximum Gasteiger partial charge on any atom is 0.240 e. The standard InChI is InChI=1S/C15H23NO2S/c1-12(2)6-5-7-14(4)16-19(17,18)15-10-8-13(3)9-11-15/h5-6,8-12,14,16H,7H2,1-4H3/b6-5+/t14-/m0/s1. The normalized spacial score (nSPS) is 14.2. The molecule has 1 aromatic carbocycles. The summed E-state index contributed by atoms with van der Waals surface area (Å²) in [6.07, 6.45) is 4.80. The number of aryl methyl sites for hydroxylation is 1. The Morgan fingerprint density at radius 3 is 2.26 bits per heavy atom. The van der Waals surface area contributed by atoms with Gasteiger partial charge in [0.05, 0.1) is 4.90 Å². The first-order valence-electron chi connectivity index (χ1n) is 6.57. The van der Waals surface area contributed by atoms with Crippen LogP contribution in [-0.2, 0) is 10.0 Å². The molecule has 0 aliphatic rings. The fourth-order valence-electron chi connectivity index (χ4n) is 1.65. The molecule has 0 amide bonds. The van der Waals surface area contributed by atoms with Crippen LogP contribution in [0.2, 0.25) is 0 Å². The summed E-state index contributed by atoms with van der Waals surface area (Å²) in [5, 5.41) is 0. The highest BCUT2D eigenvalue weighted by atomic mass is 32.2. The van der Waals surface area contributed by atoms with Crippen LogP contribution in [0, 0.1) is 12.8 Å². The summed E-state index contributed by atoms with van der Waals surface area (Å²) in [6, 6.07) is 6.76. The Hall–Kier alpha value is -1.13. The highest BCUT2D eigenvalue weighted by Gasteiger charge is 2.16. The smallest absolute Gasteiger partial charge is 0.208 e. The maximum absolute atomic E-state index is 12.1. The summed E-state index contributed by atoms with van der Waals surface area (Å²) < 4.78 is 26.9. The van der Waals surface area contributed by atoms with Crippen molar-refractivity contribution >= 4 is 10.0 Å². The van der Waals surface area contributed by atoms with Crippen molar-refractivity contribution in [2.45, 2.75) is 45.1 Å².